The molecule has 0 bridgehead atoms. The van der Waals surface area contributed by atoms with E-state index in [1.54, 1.807) is 13.0 Å². The van der Waals surface area contributed by atoms with Crippen molar-refractivity contribution in [2.24, 2.45) is 0 Å². The van der Waals surface area contributed by atoms with E-state index in [0.717, 1.165) is 38.2 Å². The van der Waals surface area contributed by atoms with Crippen LogP contribution in [0, 0.1) is 13.8 Å². The van der Waals surface area contributed by atoms with Gasteiger partial charge in [-0.25, -0.2) is 0 Å². The van der Waals surface area contributed by atoms with Crippen LogP contribution < -0.4 is 13.7 Å². The normalized spacial score (nSPS) is 19.3. The molecule has 2 atom stereocenters. The lowest BCUT2D eigenvalue weighted by atomic mass is 10.1. The highest BCUT2D eigenvalue weighted by Gasteiger charge is 2.49. The van der Waals surface area contributed by atoms with Crippen LogP contribution in [0.1, 0.15) is 70.4 Å². The maximum absolute atomic E-state index is 12.5. The highest BCUT2D eigenvalue weighted by atomic mass is 32.2. The molecule has 2 aromatic carbocycles. The summed E-state index contributed by atoms with van der Waals surface area (Å²) in [5.74, 6) is -0.200. The van der Waals surface area contributed by atoms with Crippen molar-refractivity contribution in [3.8, 4) is 23.0 Å². The van der Waals surface area contributed by atoms with Crippen molar-refractivity contribution in [2.75, 3.05) is 13.2 Å². The number of carbonyl (C=O) groups is 2. The lowest BCUT2D eigenvalue weighted by Crippen LogP contribution is -2.28. The predicted octanol–water partition coefficient (Wildman–Crippen LogP) is 5.36. The quantitative estimate of drug-likeness (QED) is 0.238. The molecule has 0 aliphatic carbocycles. The third-order valence-electron chi connectivity index (χ3n) is 6.19. The van der Waals surface area contributed by atoms with Crippen molar-refractivity contribution in [1.82, 2.24) is 0 Å². The van der Waals surface area contributed by atoms with Crippen LogP contribution >= 0.6 is 0 Å². The van der Waals surface area contributed by atoms with E-state index >= 15 is 0 Å². The molecule has 0 aromatic heterocycles. The second kappa shape index (κ2) is 14.0. The largest absolute Gasteiger partial charge is 0.534 e. The molecule has 0 spiro atoms. The smallest absolute Gasteiger partial charge is 0.507 e. The first kappa shape index (κ1) is 32.2. The van der Waals surface area contributed by atoms with Crippen molar-refractivity contribution in [2.45, 2.75) is 70.5 Å². The highest BCUT2D eigenvalue weighted by molar-refractivity contribution is 7.88. The van der Waals surface area contributed by atoms with Crippen molar-refractivity contribution in [1.29, 1.82) is 0 Å². The Kier molecular flexibility index (Phi) is 11.0. The number of aldehydes is 2. The molecule has 0 radical (unpaired) electrons. The van der Waals surface area contributed by atoms with Gasteiger partial charge in [-0.1, -0.05) is 0 Å². The highest BCUT2D eigenvalue weighted by Crippen LogP contribution is 2.34. The van der Waals surface area contributed by atoms with Gasteiger partial charge in [-0.3, -0.25) is 9.59 Å². The van der Waals surface area contributed by atoms with Gasteiger partial charge in [0.05, 0.1) is 24.3 Å². The van der Waals surface area contributed by atoms with Crippen LogP contribution in [-0.4, -0.2) is 57.4 Å². The van der Waals surface area contributed by atoms with Gasteiger partial charge in [0, 0.05) is 25.0 Å². The zero-order valence-electron chi connectivity index (χ0n) is 22.4. The molecule has 14 heteroatoms. The third kappa shape index (κ3) is 8.81. The number of phenolic OH excluding ortho intramolecular Hbond substituents is 1. The fourth-order valence-corrected chi connectivity index (χ4v) is 4.54. The second-order valence-corrected chi connectivity index (χ2v) is 10.9. The Bertz CT molecular complexity index is 1290. The second-order valence-electron chi connectivity index (χ2n) is 9.37. The summed E-state index contributed by atoms with van der Waals surface area (Å²) in [4.78, 5) is 21.8. The summed E-state index contributed by atoms with van der Waals surface area (Å²) in [6.45, 7) is 4.38. The Morgan fingerprint density at radius 3 is 1.73 bits per heavy atom. The van der Waals surface area contributed by atoms with E-state index in [0.29, 0.717) is 42.8 Å². The molecule has 2 aromatic rings. The number of carbonyl (C=O) groups excluding carboxylic acids is 2. The van der Waals surface area contributed by atoms with Gasteiger partial charge in [-0.15, -0.1) is 0 Å². The minimum Gasteiger partial charge on any atom is -0.507 e. The topological polar surface area (TPSA) is 135 Å². The van der Waals surface area contributed by atoms with Gasteiger partial charge >= 0.3 is 15.6 Å². The van der Waals surface area contributed by atoms with Gasteiger partial charge in [0.15, 0.2) is 30.9 Å². The van der Waals surface area contributed by atoms with Crippen molar-refractivity contribution < 1.29 is 59.4 Å². The molecule has 2 fully saturated rings. The van der Waals surface area contributed by atoms with Crippen LogP contribution in [-0.2, 0) is 19.6 Å². The van der Waals surface area contributed by atoms with Crippen molar-refractivity contribution in [3.63, 3.8) is 0 Å². The average molecular weight is 605 g/mol. The zero-order chi connectivity index (χ0) is 30.2. The first-order valence-electron chi connectivity index (χ1n) is 12.8. The predicted molar refractivity (Wildman–Crippen MR) is 139 cm³/mol. The fourth-order valence-electron chi connectivity index (χ4n) is 4.07. The molecule has 41 heavy (non-hydrogen) atoms. The molecule has 2 unspecified atom stereocenters. The Balaban J connectivity index is 0.000000239. The molecule has 0 saturated carbocycles. The first-order chi connectivity index (χ1) is 19.3. The molecular formula is C27H31F3O10S. The minimum absolute atomic E-state index is 0.0502. The summed E-state index contributed by atoms with van der Waals surface area (Å²) in [6.07, 6.45) is 5.36. The maximum atomic E-state index is 12.5. The van der Waals surface area contributed by atoms with E-state index < -0.39 is 27.7 Å². The summed E-state index contributed by atoms with van der Waals surface area (Å²) in [5, 5.41) is 9.65. The summed E-state index contributed by atoms with van der Waals surface area (Å²) in [6, 6.07) is 5.52. The van der Waals surface area contributed by atoms with Gasteiger partial charge < -0.3 is 28.2 Å². The van der Waals surface area contributed by atoms with Gasteiger partial charge in [0.1, 0.15) is 17.2 Å². The van der Waals surface area contributed by atoms with Gasteiger partial charge in [0.2, 0.25) is 0 Å². The number of halogens is 3. The number of alkyl halides is 3. The summed E-state index contributed by atoms with van der Waals surface area (Å²) < 4.78 is 85.8. The van der Waals surface area contributed by atoms with E-state index in [9.17, 15) is 36.3 Å². The van der Waals surface area contributed by atoms with Crippen LogP contribution in [0.3, 0.4) is 0 Å². The van der Waals surface area contributed by atoms with Gasteiger partial charge in [0.25, 0.3) is 0 Å². The Labute approximate surface area is 235 Å². The standard InChI is InChI=1S/C14H15F3O6S.C13H16O4/c1-9-6-10(22-13-4-2-3-5-21-13)7-12(11(9)8-18)23-24(19,20)14(15,16)17;1-9-6-10(7-12(15)11(9)8-14)17-13-4-2-3-5-16-13/h6-8,13H,2-5H2,1H3;6-8,13,15H,2-5H2,1H3. The number of aryl methyl sites for hydroxylation is 2. The Morgan fingerprint density at radius 1 is 0.829 bits per heavy atom. The molecule has 0 amide bonds. The van der Waals surface area contributed by atoms with Crippen LogP contribution in [0.2, 0.25) is 0 Å². The van der Waals surface area contributed by atoms with Crippen molar-refractivity contribution >= 4 is 22.7 Å². The van der Waals surface area contributed by atoms with Gasteiger partial charge in [-0.2, -0.15) is 21.6 Å². The molecule has 4 rings (SSSR count). The summed E-state index contributed by atoms with van der Waals surface area (Å²) in [7, 11) is -5.90. The van der Waals surface area contributed by atoms with Crippen LogP contribution in [0.5, 0.6) is 23.0 Å². The van der Waals surface area contributed by atoms with Gasteiger partial charge in [-0.05, 0) is 62.8 Å². The molecule has 2 saturated heterocycles. The number of benzene rings is 2. The average Bonchev–Trinajstić information content (AvgIpc) is 2.89. The van der Waals surface area contributed by atoms with Crippen LogP contribution in [0.25, 0.3) is 0 Å². The van der Waals surface area contributed by atoms with Crippen LogP contribution in [0.4, 0.5) is 13.2 Å². The summed E-state index contributed by atoms with van der Waals surface area (Å²) >= 11 is 0. The third-order valence-corrected chi connectivity index (χ3v) is 7.16. The number of hydrogen-bond donors (Lipinski definition) is 1. The SMILES string of the molecule is Cc1cc(OC2CCCCO2)cc(O)c1C=O.Cc1cc(OC2CCCCO2)cc(OS(=O)(=O)C(F)(F)F)c1C=O. The maximum Gasteiger partial charge on any atom is 0.534 e. The number of phenols is 1. The Hall–Kier alpha value is -3.36. The lowest BCUT2D eigenvalue weighted by Gasteiger charge is -2.24. The van der Waals surface area contributed by atoms with Crippen LogP contribution in [0.15, 0.2) is 24.3 Å². The number of aromatic hydroxyl groups is 1. The van der Waals surface area contributed by atoms with E-state index in [1.807, 2.05) is 0 Å². The molecule has 1 N–H and O–H groups in total. The number of rotatable bonds is 8. The number of ether oxygens (including phenoxy) is 4. The van der Waals surface area contributed by atoms with E-state index in [1.165, 1.54) is 19.1 Å². The lowest BCUT2D eigenvalue weighted by molar-refractivity contribution is -0.106. The molecular weight excluding hydrogens is 573 g/mol. The molecule has 10 nitrogen and oxygen atoms in total. The summed E-state index contributed by atoms with van der Waals surface area (Å²) in [5.41, 5.74) is -4.69. The van der Waals surface area contributed by atoms with E-state index in [4.69, 9.17) is 18.9 Å². The zero-order valence-corrected chi connectivity index (χ0v) is 23.3. The first-order valence-corrected chi connectivity index (χ1v) is 14.2. The van der Waals surface area contributed by atoms with E-state index in [2.05, 4.69) is 4.18 Å². The molecule has 2 heterocycles. The molecule has 226 valence electrons. The Morgan fingerprint density at radius 2 is 1.32 bits per heavy atom. The van der Waals surface area contributed by atoms with Crippen molar-refractivity contribution in [3.05, 3.63) is 46.5 Å². The minimum atomic E-state index is -5.90. The monoisotopic (exact) mass is 604 g/mol. The van der Waals surface area contributed by atoms with E-state index in [-0.39, 0.29) is 35.2 Å². The molecule has 2 aliphatic heterocycles. The molecule has 2 aliphatic rings. The fraction of sp³-hybridized carbons (Fsp3) is 0.481. The number of hydrogen-bond acceptors (Lipinski definition) is 10.